The maximum absolute atomic E-state index is 14.7. The summed E-state index contributed by atoms with van der Waals surface area (Å²) in [4.78, 5) is 126. The second kappa shape index (κ2) is 27.0. The van der Waals surface area contributed by atoms with Crippen molar-refractivity contribution in [2.75, 3.05) is 72.0 Å². The zero-order valence-electron chi connectivity index (χ0n) is 50.3. The van der Waals surface area contributed by atoms with Crippen LogP contribution in [0.1, 0.15) is 120 Å². The van der Waals surface area contributed by atoms with Crippen LogP contribution < -0.4 is 20.7 Å². The van der Waals surface area contributed by atoms with Crippen molar-refractivity contribution in [3.05, 3.63) is 106 Å². The number of hydrogen-bond acceptors (Lipinski definition) is 21. The molecule has 6 amide bonds. The molecule has 0 spiro atoms. The van der Waals surface area contributed by atoms with Crippen molar-refractivity contribution in [1.82, 2.24) is 30.2 Å². The first kappa shape index (κ1) is 64.0. The van der Waals surface area contributed by atoms with Gasteiger partial charge in [-0.1, -0.05) is 51.1 Å². The van der Waals surface area contributed by atoms with Crippen LogP contribution in [0.4, 0.5) is 10.5 Å². The lowest BCUT2D eigenvalue weighted by Crippen LogP contribution is -2.55. The first-order valence-corrected chi connectivity index (χ1v) is 30.0. The van der Waals surface area contributed by atoms with E-state index in [0.29, 0.717) is 56.6 Å². The molecule has 4 fully saturated rings. The first-order valence-electron chi connectivity index (χ1n) is 30.0. The number of unbranched alkanes of at least 4 members (excludes halogenated alkanes) is 2. The number of rotatable bonds is 21. The SMILES string of the molecule is C=C(NC(=O)[C@@H](NC(=O)CCCCCN1C(=O)C=CC1=O)C(C)C)C(=O)Nc1ccc(COC(=O)N2CCCN(CC(=O)[C@]3(O)Cc4c(O)c5c(c(O)c4[C@@H](O[C@H]4C[C@H]6[C@H](O[C@@H]7[C@@H](OC)OCCN76)[C@H](C)O4)C3)C(=O)c3c(OC)cccc3C5=O)CC2)cc1. The number of methoxy groups -OCH3 is 2. The fourth-order valence-electron chi connectivity index (χ4n) is 12.8. The monoisotopic (exact) mass is 1230 g/mol. The van der Waals surface area contributed by atoms with Crippen molar-refractivity contribution in [2.24, 2.45) is 5.92 Å². The summed E-state index contributed by atoms with van der Waals surface area (Å²) >= 11 is 0. The third kappa shape index (κ3) is 13.4. The third-order valence-electron chi connectivity index (χ3n) is 17.5. The molecule has 7 aliphatic rings. The van der Waals surface area contributed by atoms with Crippen LogP contribution in [0.25, 0.3) is 0 Å². The smallest absolute Gasteiger partial charge is 0.410 e. The van der Waals surface area contributed by atoms with Crippen molar-refractivity contribution in [2.45, 2.75) is 134 Å². The van der Waals surface area contributed by atoms with E-state index in [1.807, 2.05) is 6.92 Å². The molecule has 4 saturated heterocycles. The molecule has 89 heavy (non-hydrogen) atoms. The number of carbonyl (C=O) groups is 9. The summed E-state index contributed by atoms with van der Waals surface area (Å²) < 4.78 is 42.0. The summed E-state index contributed by atoms with van der Waals surface area (Å²) in [6.07, 6.45) is -1.31. The Morgan fingerprint density at radius 1 is 0.865 bits per heavy atom. The van der Waals surface area contributed by atoms with Gasteiger partial charge in [0.05, 0.1) is 54.9 Å². The van der Waals surface area contributed by atoms with E-state index in [4.69, 9.17) is 33.2 Å². The number of fused-ring (bicyclic) bond motifs is 6. The molecule has 476 valence electrons. The number of phenolic OH excluding ortho intramolecular Hbond substituents is 2. The van der Waals surface area contributed by atoms with Gasteiger partial charge in [0.1, 0.15) is 41.6 Å². The molecule has 2 aliphatic carbocycles. The number of phenols is 2. The van der Waals surface area contributed by atoms with Crippen molar-refractivity contribution >= 4 is 58.7 Å². The molecule has 5 aliphatic heterocycles. The standard InChI is InChI=1S/C63H75N7O19/c1-33(2)52(66-44(72)14-8-7-9-23-70-45(73)19-20-46(70)74)59(80)64-34(3)58(79)65-37-17-15-36(16-18-37)32-86-62(81)68-22-11-21-67(24-25-68)31-43(71)63(82)29-39-49(56(78)51-50(54(39)76)53(75)38-12-10-13-41(83-5)48(38)55(51)77)42(30-63)88-47-28-40-57(35(4)87-47)89-60-61(84-6)85-27-26-69(40)60/h10,12-13,15-20,33,35,40,42,47,52,57,60-61,76,78,82H,3,7-9,11,14,21-32H2,1-2,4-6H3,(H,64,80)(H,65,79)(H,66,72)/t35-,40-,42-,47-,52-,57+,60+,61-,63-/m0/s1. The molecular weight excluding hydrogens is 1160 g/mol. The van der Waals surface area contributed by atoms with E-state index >= 15 is 0 Å². The molecule has 26 nitrogen and oxygen atoms in total. The number of aromatic hydroxyl groups is 2. The lowest BCUT2D eigenvalue weighted by atomic mass is 9.71. The first-order chi connectivity index (χ1) is 42.6. The van der Waals surface area contributed by atoms with E-state index in [1.165, 1.54) is 49.5 Å². The topological polar surface area (TPSA) is 328 Å². The number of hydrogen-bond donors (Lipinski definition) is 6. The van der Waals surface area contributed by atoms with E-state index in [1.54, 1.807) is 43.0 Å². The summed E-state index contributed by atoms with van der Waals surface area (Å²) in [6.45, 7) is 10.7. The van der Waals surface area contributed by atoms with Gasteiger partial charge in [-0.25, -0.2) is 4.79 Å². The minimum absolute atomic E-state index is 0.0655. The van der Waals surface area contributed by atoms with Crippen LogP contribution in [0.2, 0.25) is 0 Å². The van der Waals surface area contributed by atoms with Crippen LogP contribution in [0.15, 0.2) is 66.9 Å². The number of ketones is 3. The van der Waals surface area contributed by atoms with E-state index in [2.05, 4.69) is 27.4 Å². The fraction of sp³-hybridized carbons (Fsp3) is 0.508. The Bertz CT molecular complexity index is 3330. The van der Waals surface area contributed by atoms with Crippen molar-refractivity contribution in [3.8, 4) is 17.2 Å². The Balaban J connectivity index is 0.734. The molecule has 3 aromatic carbocycles. The molecule has 6 N–H and O–H groups in total. The second-order valence-corrected chi connectivity index (χ2v) is 23.7. The molecule has 26 heteroatoms. The number of nitrogens with one attached hydrogen (secondary N) is 3. The van der Waals surface area contributed by atoms with Gasteiger partial charge in [-0.15, -0.1) is 0 Å². The van der Waals surface area contributed by atoms with Gasteiger partial charge in [0.25, 0.3) is 17.7 Å². The highest BCUT2D eigenvalue weighted by atomic mass is 16.7. The maximum Gasteiger partial charge on any atom is 0.410 e. The summed E-state index contributed by atoms with van der Waals surface area (Å²) in [5.41, 5.74) is -2.90. The number of carbonyl (C=O) groups excluding carboxylic acids is 9. The molecule has 0 radical (unpaired) electrons. The minimum Gasteiger partial charge on any atom is -0.507 e. The normalized spacial score (nSPS) is 25.3. The number of anilines is 1. The van der Waals surface area contributed by atoms with Crippen molar-refractivity contribution in [1.29, 1.82) is 0 Å². The highest BCUT2D eigenvalue weighted by Crippen LogP contribution is 2.53. The predicted octanol–water partition coefficient (Wildman–Crippen LogP) is 3.26. The average molecular weight is 1230 g/mol. The maximum atomic E-state index is 14.7. The number of benzene rings is 3. The Kier molecular flexibility index (Phi) is 19.4. The third-order valence-corrected chi connectivity index (χ3v) is 17.5. The minimum atomic E-state index is -2.26. The van der Waals surface area contributed by atoms with Gasteiger partial charge in [-0.3, -0.25) is 53.1 Å². The number of nitrogens with zero attached hydrogens (tertiary/aromatic N) is 4. The Morgan fingerprint density at radius 3 is 2.33 bits per heavy atom. The number of amides is 6. The van der Waals surface area contributed by atoms with Gasteiger partial charge in [-0.2, -0.15) is 0 Å². The van der Waals surface area contributed by atoms with Crippen LogP contribution in [0.3, 0.4) is 0 Å². The zero-order valence-corrected chi connectivity index (χ0v) is 50.3. The van der Waals surface area contributed by atoms with Crippen LogP contribution in [0.5, 0.6) is 17.2 Å². The molecule has 0 aromatic heterocycles. The largest absolute Gasteiger partial charge is 0.507 e. The second-order valence-electron chi connectivity index (χ2n) is 23.7. The summed E-state index contributed by atoms with van der Waals surface area (Å²) in [6, 6.07) is 9.66. The predicted molar refractivity (Wildman–Crippen MR) is 313 cm³/mol. The Morgan fingerprint density at radius 2 is 1.61 bits per heavy atom. The highest BCUT2D eigenvalue weighted by Gasteiger charge is 2.55. The number of morpholine rings is 1. The zero-order chi connectivity index (χ0) is 63.6. The fourth-order valence-corrected chi connectivity index (χ4v) is 12.8. The molecular formula is C63H75N7O19. The van der Waals surface area contributed by atoms with Gasteiger partial charge in [0, 0.05) is 113 Å². The van der Waals surface area contributed by atoms with E-state index < -0.39 is 119 Å². The number of imide groups is 1. The summed E-state index contributed by atoms with van der Waals surface area (Å²) in [5, 5.41) is 45.0. The van der Waals surface area contributed by atoms with Crippen LogP contribution in [-0.2, 0) is 70.2 Å². The van der Waals surface area contributed by atoms with Crippen LogP contribution in [0, 0.1) is 5.92 Å². The molecule has 10 rings (SSSR count). The van der Waals surface area contributed by atoms with E-state index in [-0.39, 0.29) is 116 Å². The number of Topliss-reactive ketones (excluding diaryl/α,β-unsaturated/α-hetero) is 1. The molecule has 5 heterocycles. The highest BCUT2D eigenvalue weighted by molar-refractivity contribution is 6.31. The molecule has 9 atom stereocenters. The van der Waals surface area contributed by atoms with E-state index in [9.17, 15) is 58.5 Å². The van der Waals surface area contributed by atoms with Gasteiger partial charge in [0.2, 0.25) is 17.6 Å². The quantitative estimate of drug-likeness (QED) is 0.0302. The molecule has 0 saturated carbocycles. The molecule has 0 bridgehead atoms. The molecule has 0 unspecified atom stereocenters. The van der Waals surface area contributed by atoms with Gasteiger partial charge in [-0.05, 0) is 55.9 Å². The summed E-state index contributed by atoms with van der Waals surface area (Å²) in [5.74, 6) is -6.24. The lowest BCUT2D eigenvalue weighted by molar-refractivity contribution is -0.256. The van der Waals surface area contributed by atoms with Gasteiger partial charge >= 0.3 is 6.09 Å². The number of ether oxygens (including phenoxy) is 7. The van der Waals surface area contributed by atoms with Crippen LogP contribution >= 0.6 is 0 Å². The van der Waals surface area contributed by atoms with Crippen molar-refractivity contribution < 1.29 is 91.6 Å². The lowest BCUT2D eigenvalue weighted by Gasteiger charge is -2.43. The van der Waals surface area contributed by atoms with Gasteiger partial charge in [0.15, 0.2) is 30.4 Å². The molecule has 3 aromatic rings. The van der Waals surface area contributed by atoms with Crippen molar-refractivity contribution in [3.63, 3.8) is 0 Å². The number of aliphatic hydroxyl groups is 1. The average Bonchev–Trinajstić information content (AvgIpc) is 1.31. The van der Waals surface area contributed by atoms with Gasteiger partial charge < -0.3 is 69.3 Å². The summed E-state index contributed by atoms with van der Waals surface area (Å²) in [7, 11) is 2.87. The Labute approximate surface area is 513 Å². The Hall–Kier alpha value is -7.95. The van der Waals surface area contributed by atoms with Crippen LogP contribution in [-0.4, -0.2) is 203 Å². The van der Waals surface area contributed by atoms with E-state index in [0.717, 1.165) is 4.90 Å².